The van der Waals surface area contributed by atoms with Crippen LogP contribution in [-0.4, -0.2) is 26.0 Å². The Morgan fingerprint density at radius 1 is 1.17 bits per heavy atom. The van der Waals surface area contributed by atoms with Crippen LogP contribution in [0.15, 0.2) is 29.2 Å². The second-order valence-corrected chi connectivity index (χ2v) is 4.17. The minimum atomic E-state index is -0.0268. The second-order valence-electron chi connectivity index (χ2n) is 3.65. The Bertz CT molecular complexity index is 328. The molecule has 0 radical (unpaired) electrons. The maximum atomic E-state index is 11.6. The zero-order chi connectivity index (χ0) is 13.8. The molecule has 0 unspecified atom stereocenters. The van der Waals surface area contributed by atoms with E-state index in [1.54, 1.807) is 12.1 Å². The number of carbonyl (C=O) groups excluding carboxylic acids is 1. The molecule has 0 aliphatic rings. The average Bonchev–Trinajstić information content (AvgIpc) is 2.41. The van der Waals surface area contributed by atoms with Gasteiger partial charge in [-0.1, -0.05) is 6.42 Å². The molecule has 102 valence electrons. The third kappa shape index (κ3) is 7.32. The van der Waals surface area contributed by atoms with Crippen LogP contribution < -0.4 is 16.8 Å². The topological polar surface area (TPSA) is 81.1 Å². The van der Waals surface area contributed by atoms with E-state index in [0.29, 0.717) is 12.1 Å². The molecule has 0 saturated heterocycles. The Hall–Kier alpha value is -1.04. The molecule has 1 rings (SSSR count). The first-order chi connectivity index (χ1) is 8.74. The zero-order valence-corrected chi connectivity index (χ0v) is 11.7. The molecule has 0 bridgehead atoms. The number of nitrogens with two attached hydrogens (primary N) is 2. The smallest absolute Gasteiger partial charge is 0.251 e. The van der Waals surface area contributed by atoms with Crippen LogP contribution in [0, 0.1) is 0 Å². The number of hydrogen-bond donors (Lipinski definition) is 4. The molecule has 18 heavy (non-hydrogen) atoms. The van der Waals surface area contributed by atoms with Gasteiger partial charge in [0.05, 0.1) is 0 Å². The van der Waals surface area contributed by atoms with E-state index in [1.165, 1.54) is 7.05 Å². The van der Waals surface area contributed by atoms with Crippen LogP contribution in [0.2, 0.25) is 0 Å². The van der Waals surface area contributed by atoms with Gasteiger partial charge in [0.1, 0.15) is 0 Å². The van der Waals surface area contributed by atoms with Crippen molar-refractivity contribution in [2.45, 2.75) is 24.2 Å². The van der Waals surface area contributed by atoms with Crippen LogP contribution in [0.4, 0.5) is 0 Å². The third-order valence-corrected chi connectivity index (χ3v) is 2.59. The van der Waals surface area contributed by atoms with E-state index in [9.17, 15) is 4.79 Å². The number of rotatable bonds is 6. The van der Waals surface area contributed by atoms with Crippen molar-refractivity contribution in [2.75, 3.05) is 20.1 Å². The van der Waals surface area contributed by atoms with Crippen LogP contribution >= 0.6 is 12.6 Å². The highest BCUT2D eigenvalue weighted by Crippen LogP contribution is 2.07. The lowest BCUT2D eigenvalue weighted by molar-refractivity contribution is 0.0953. The Kier molecular flexibility index (Phi) is 10.4. The van der Waals surface area contributed by atoms with Crippen molar-refractivity contribution in [3.05, 3.63) is 29.8 Å². The summed E-state index contributed by atoms with van der Waals surface area (Å²) in [5.41, 5.74) is 10.6. The molecule has 0 saturated carbocycles. The molecule has 0 fully saturated rings. The summed E-state index contributed by atoms with van der Waals surface area (Å²) in [4.78, 5) is 12.5. The normalized spacial score (nSPS) is 9.33. The Balaban J connectivity index is 0.00000137. The van der Waals surface area contributed by atoms with Crippen LogP contribution in [0.3, 0.4) is 0 Å². The summed E-state index contributed by atoms with van der Waals surface area (Å²) >= 11 is 4.17. The van der Waals surface area contributed by atoms with Gasteiger partial charge in [0.2, 0.25) is 0 Å². The molecule has 4 nitrogen and oxygen atoms in total. The third-order valence-electron chi connectivity index (χ3n) is 2.30. The van der Waals surface area contributed by atoms with Crippen LogP contribution in [0.5, 0.6) is 0 Å². The Morgan fingerprint density at radius 3 is 2.33 bits per heavy atom. The fourth-order valence-corrected chi connectivity index (χ4v) is 1.51. The summed E-state index contributed by atoms with van der Waals surface area (Å²) in [5.74, 6) is -0.0268. The first kappa shape index (κ1) is 17.0. The quantitative estimate of drug-likeness (QED) is 0.465. The van der Waals surface area contributed by atoms with E-state index in [0.717, 1.165) is 30.7 Å². The largest absolute Gasteiger partial charge is 0.352 e. The van der Waals surface area contributed by atoms with Crippen molar-refractivity contribution in [2.24, 2.45) is 11.5 Å². The van der Waals surface area contributed by atoms with Gasteiger partial charge in [-0.2, -0.15) is 0 Å². The monoisotopic (exact) mass is 269 g/mol. The molecule has 0 aromatic heterocycles. The number of thiol groups is 1. The van der Waals surface area contributed by atoms with E-state index in [4.69, 9.17) is 5.73 Å². The summed E-state index contributed by atoms with van der Waals surface area (Å²) in [6.45, 7) is 1.43. The molecule has 5 heteroatoms. The molecule has 0 atom stereocenters. The number of hydrogen-bond acceptors (Lipinski definition) is 4. The first-order valence-corrected chi connectivity index (χ1v) is 6.54. The fraction of sp³-hybridized carbons (Fsp3) is 0.462. The van der Waals surface area contributed by atoms with Gasteiger partial charge < -0.3 is 16.8 Å². The zero-order valence-electron chi connectivity index (χ0n) is 10.9. The molecule has 5 N–H and O–H groups in total. The van der Waals surface area contributed by atoms with Crippen LogP contribution in [-0.2, 0) is 0 Å². The molecule has 1 amide bonds. The molecule has 0 heterocycles. The molecule has 1 aromatic carbocycles. The van der Waals surface area contributed by atoms with Gasteiger partial charge in [-0.05, 0) is 50.7 Å². The first-order valence-electron chi connectivity index (χ1n) is 6.09. The Morgan fingerprint density at radius 2 is 1.78 bits per heavy atom. The summed E-state index contributed by atoms with van der Waals surface area (Å²) in [7, 11) is 1.50. The van der Waals surface area contributed by atoms with Gasteiger partial charge >= 0.3 is 0 Å². The van der Waals surface area contributed by atoms with Gasteiger partial charge in [-0.25, -0.2) is 0 Å². The molecule has 1 aromatic rings. The van der Waals surface area contributed by atoms with E-state index in [1.807, 2.05) is 12.1 Å². The lowest BCUT2D eigenvalue weighted by Crippen LogP contribution is -2.24. The maximum Gasteiger partial charge on any atom is 0.251 e. The lowest BCUT2D eigenvalue weighted by Gasteiger charge is -2.04. The van der Waals surface area contributed by atoms with Gasteiger partial charge in [0, 0.05) is 17.0 Å². The van der Waals surface area contributed by atoms with Gasteiger partial charge in [0.25, 0.3) is 5.91 Å². The predicted octanol–water partition coefficient (Wildman–Crippen LogP) is 1.41. The number of nitrogens with one attached hydrogen (secondary N) is 1. The van der Waals surface area contributed by atoms with Crippen LogP contribution in [0.25, 0.3) is 0 Å². The Labute approximate surface area is 115 Å². The lowest BCUT2D eigenvalue weighted by atomic mass is 10.2. The highest BCUT2D eigenvalue weighted by atomic mass is 32.1. The second kappa shape index (κ2) is 11.1. The van der Waals surface area contributed by atoms with Crippen LogP contribution in [0.1, 0.15) is 29.6 Å². The summed E-state index contributed by atoms with van der Waals surface area (Å²) in [6, 6.07) is 7.17. The van der Waals surface area contributed by atoms with Crippen molar-refractivity contribution in [3.8, 4) is 0 Å². The van der Waals surface area contributed by atoms with Crippen molar-refractivity contribution in [1.82, 2.24) is 5.32 Å². The highest BCUT2D eigenvalue weighted by molar-refractivity contribution is 7.80. The number of amides is 1. The van der Waals surface area contributed by atoms with E-state index in [2.05, 4.69) is 23.7 Å². The molecular weight excluding hydrogens is 246 g/mol. The van der Waals surface area contributed by atoms with Crippen molar-refractivity contribution in [3.63, 3.8) is 0 Å². The van der Waals surface area contributed by atoms with E-state index in [-0.39, 0.29) is 5.91 Å². The van der Waals surface area contributed by atoms with E-state index < -0.39 is 0 Å². The molecule has 0 aliphatic heterocycles. The summed E-state index contributed by atoms with van der Waals surface area (Å²) < 4.78 is 0. The van der Waals surface area contributed by atoms with Crippen molar-refractivity contribution in [1.29, 1.82) is 0 Å². The minimum Gasteiger partial charge on any atom is -0.352 e. The van der Waals surface area contributed by atoms with Gasteiger partial charge in [0.15, 0.2) is 0 Å². The highest BCUT2D eigenvalue weighted by Gasteiger charge is 2.03. The molecule has 0 spiro atoms. The minimum absolute atomic E-state index is 0.0268. The molecular formula is C13H23N3OS. The summed E-state index contributed by atoms with van der Waals surface area (Å²) in [6.07, 6.45) is 3.06. The van der Waals surface area contributed by atoms with E-state index >= 15 is 0 Å². The maximum absolute atomic E-state index is 11.6. The standard InChI is InChI=1S/C12H18N2OS.CH5N/c13-8-2-1-3-9-14-12(15)10-4-6-11(16)7-5-10;1-2/h4-7,16H,1-3,8-9,13H2,(H,14,15);2H2,1H3. The van der Waals surface area contributed by atoms with Crippen molar-refractivity contribution >= 4 is 18.5 Å². The van der Waals surface area contributed by atoms with Crippen molar-refractivity contribution < 1.29 is 4.79 Å². The van der Waals surface area contributed by atoms with Gasteiger partial charge in [-0.15, -0.1) is 12.6 Å². The fourth-order valence-electron chi connectivity index (χ4n) is 1.36. The SMILES string of the molecule is CN.NCCCCCNC(=O)c1ccc(S)cc1. The average molecular weight is 269 g/mol. The van der Waals surface area contributed by atoms with Gasteiger partial charge in [-0.3, -0.25) is 4.79 Å². The predicted molar refractivity (Wildman–Crippen MR) is 79.0 cm³/mol. The molecule has 0 aliphatic carbocycles. The number of unbranched alkanes of at least 4 members (excludes halogenated alkanes) is 2. The summed E-state index contributed by atoms with van der Waals surface area (Å²) in [5, 5.41) is 2.87. The number of benzene rings is 1. The number of carbonyl (C=O) groups is 1.